The van der Waals surface area contributed by atoms with Crippen molar-refractivity contribution in [1.29, 1.82) is 0 Å². The summed E-state index contributed by atoms with van der Waals surface area (Å²) in [6.45, 7) is 3.45. The summed E-state index contributed by atoms with van der Waals surface area (Å²) in [4.78, 5) is 46.4. The van der Waals surface area contributed by atoms with Gasteiger partial charge >= 0.3 is 18.1 Å². The van der Waals surface area contributed by atoms with Gasteiger partial charge in [0.2, 0.25) is 6.79 Å². The maximum absolute atomic E-state index is 12.3. The first-order valence-electron chi connectivity index (χ1n) is 8.39. The van der Waals surface area contributed by atoms with E-state index < -0.39 is 31.5 Å². The summed E-state index contributed by atoms with van der Waals surface area (Å²) < 4.78 is 18.6. The third kappa shape index (κ3) is 6.94. The predicted octanol–water partition coefficient (Wildman–Crippen LogP) is 3.05. The van der Waals surface area contributed by atoms with Crippen LogP contribution in [0.5, 0.6) is 5.75 Å². The van der Waals surface area contributed by atoms with E-state index in [2.05, 4.69) is 20.8 Å². The van der Waals surface area contributed by atoms with Gasteiger partial charge in [0.15, 0.2) is 12.4 Å². The maximum atomic E-state index is 12.3. The van der Waals surface area contributed by atoms with Gasteiger partial charge < -0.3 is 18.9 Å². The fraction of sp³-hybridized carbons (Fsp3) is 0.143. The molecule has 8 heteroatoms. The summed E-state index contributed by atoms with van der Waals surface area (Å²) in [7, 11) is 0. The Morgan fingerprint density at radius 3 is 2.07 bits per heavy atom. The van der Waals surface area contributed by atoms with Crippen LogP contribution in [0.4, 0.5) is 4.79 Å². The van der Waals surface area contributed by atoms with Gasteiger partial charge in [0, 0.05) is 16.7 Å². The summed E-state index contributed by atoms with van der Waals surface area (Å²) in [5, 5.41) is 0. The first-order valence-corrected chi connectivity index (χ1v) is 8.39. The molecule has 29 heavy (non-hydrogen) atoms. The number of esters is 2. The van der Waals surface area contributed by atoms with Crippen molar-refractivity contribution in [3.63, 3.8) is 0 Å². The minimum atomic E-state index is -1.14. The van der Waals surface area contributed by atoms with Crippen molar-refractivity contribution in [2.75, 3.05) is 13.4 Å². The quantitative estimate of drug-likeness (QED) is 0.220. The molecule has 2 aromatic rings. The van der Waals surface area contributed by atoms with E-state index in [4.69, 9.17) is 4.74 Å². The van der Waals surface area contributed by atoms with E-state index in [1.54, 1.807) is 24.3 Å². The van der Waals surface area contributed by atoms with Crippen molar-refractivity contribution in [1.82, 2.24) is 0 Å². The predicted molar refractivity (Wildman–Crippen MR) is 100 cm³/mol. The van der Waals surface area contributed by atoms with Crippen LogP contribution in [0.3, 0.4) is 0 Å². The normalized spacial score (nSPS) is 9.83. The van der Waals surface area contributed by atoms with E-state index in [-0.39, 0.29) is 17.1 Å². The second-order valence-corrected chi connectivity index (χ2v) is 5.71. The number of benzene rings is 2. The Bertz CT molecular complexity index is 900. The first kappa shape index (κ1) is 21.4. The van der Waals surface area contributed by atoms with Crippen LogP contribution in [-0.4, -0.2) is 37.3 Å². The molecule has 0 fully saturated rings. The number of carbonyl (C=O) groups excluding carboxylic acids is 4. The van der Waals surface area contributed by atoms with E-state index in [0.717, 1.165) is 0 Å². The lowest BCUT2D eigenvalue weighted by Crippen LogP contribution is -2.20. The zero-order valence-corrected chi connectivity index (χ0v) is 15.6. The standard InChI is InChI=1S/C21H18O8/c1-14(2)20(24)28-13-27-18(22)12-26-21(25)29-17-10-8-16(9-11-17)19(23)15-6-4-3-5-7-15/h3-11H,1,12-13H2,2H3. The van der Waals surface area contributed by atoms with Crippen LogP contribution >= 0.6 is 0 Å². The lowest BCUT2D eigenvalue weighted by molar-refractivity contribution is -0.167. The topological polar surface area (TPSA) is 105 Å². The molecule has 0 amide bonds. The number of carbonyl (C=O) groups is 4. The van der Waals surface area contributed by atoms with Gasteiger partial charge in [0.05, 0.1) is 0 Å². The summed E-state index contributed by atoms with van der Waals surface area (Å²) in [6, 6.07) is 14.6. The van der Waals surface area contributed by atoms with Crippen LogP contribution in [0.25, 0.3) is 0 Å². The number of hydrogen-bond acceptors (Lipinski definition) is 8. The molecule has 0 saturated carbocycles. The van der Waals surface area contributed by atoms with Crippen molar-refractivity contribution >= 4 is 23.9 Å². The van der Waals surface area contributed by atoms with Gasteiger partial charge in [0.25, 0.3) is 0 Å². The molecule has 0 atom stereocenters. The van der Waals surface area contributed by atoms with Crippen LogP contribution in [-0.2, 0) is 23.8 Å². The van der Waals surface area contributed by atoms with Crippen molar-refractivity contribution < 1.29 is 38.1 Å². The highest BCUT2D eigenvalue weighted by molar-refractivity contribution is 6.09. The fourth-order valence-corrected chi connectivity index (χ4v) is 1.99. The van der Waals surface area contributed by atoms with Crippen LogP contribution in [0.15, 0.2) is 66.7 Å². The Balaban J connectivity index is 1.76. The molecule has 150 valence electrons. The molecule has 8 nitrogen and oxygen atoms in total. The van der Waals surface area contributed by atoms with Crippen LogP contribution in [0.1, 0.15) is 22.8 Å². The summed E-state index contributed by atoms with van der Waals surface area (Å²) >= 11 is 0. The molecular weight excluding hydrogens is 380 g/mol. The molecule has 0 N–H and O–H groups in total. The molecule has 0 bridgehead atoms. The largest absolute Gasteiger partial charge is 0.514 e. The highest BCUT2D eigenvalue weighted by Crippen LogP contribution is 2.16. The SMILES string of the molecule is C=C(C)C(=O)OCOC(=O)COC(=O)Oc1ccc(C(=O)c2ccccc2)cc1. The Morgan fingerprint density at radius 2 is 1.45 bits per heavy atom. The molecule has 0 saturated heterocycles. The molecule has 0 heterocycles. The Morgan fingerprint density at radius 1 is 0.828 bits per heavy atom. The zero-order valence-electron chi connectivity index (χ0n) is 15.6. The highest BCUT2D eigenvalue weighted by atomic mass is 16.7. The Hall–Kier alpha value is -3.94. The lowest BCUT2D eigenvalue weighted by atomic mass is 10.0. The minimum absolute atomic E-state index is 0.128. The number of ether oxygens (including phenoxy) is 4. The van der Waals surface area contributed by atoms with Crippen molar-refractivity contribution in [3.05, 3.63) is 77.9 Å². The van der Waals surface area contributed by atoms with Gasteiger partial charge in [-0.25, -0.2) is 14.4 Å². The number of hydrogen-bond donors (Lipinski definition) is 0. The van der Waals surface area contributed by atoms with Gasteiger partial charge in [-0.2, -0.15) is 0 Å². The molecule has 2 aromatic carbocycles. The van der Waals surface area contributed by atoms with Crippen molar-refractivity contribution in [2.24, 2.45) is 0 Å². The van der Waals surface area contributed by atoms with Crippen LogP contribution in [0, 0.1) is 0 Å². The van der Waals surface area contributed by atoms with Gasteiger partial charge in [-0.15, -0.1) is 0 Å². The van der Waals surface area contributed by atoms with E-state index in [0.29, 0.717) is 11.1 Å². The zero-order chi connectivity index (χ0) is 21.2. The molecule has 0 unspecified atom stereocenters. The van der Waals surface area contributed by atoms with Gasteiger partial charge in [0.1, 0.15) is 5.75 Å². The summed E-state index contributed by atoms with van der Waals surface area (Å²) in [5.74, 6) is -1.69. The maximum Gasteiger partial charge on any atom is 0.514 e. The summed E-state index contributed by atoms with van der Waals surface area (Å²) in [5.41, 5.74) is 1.11. The molecule has 0 aliphatic carbocycles. The van der Waals surface area contributed by atoms with Gasteiger partial charge in [-0.3, -0.25) is 4.79 Å². The molecule has 0 aliphatic rings. The molecular formula is C21H18O8. The smallest absolute Gasteiger partial charge is 0.425 e. The molecule has 0 aliphatic heterocycles. The Labute approximate surface area is 166 Å². The Kier molecular flexibility index (Phi) is 7.67. The van der Waals surface area contributed by atoms with Crippen LogP contribution in [0.2, 0.25) is 0 Å². The fourth-order valence-electron chi connectivity index (χ4n) is 1.99. The van der Waals surface area contributed by atoms with Crippen LogP contribution < -0.4 is 4.74 Å². The third-order valence-corrected chi connectivity index (χ3v) is 3.42. The minimum Gasteiger partial charge on any atom is -0.425 e. The van der Waals surface area contributed by atoms with Crippen molar-refractivity contribution in [2.45, 2.75) is 6.92 Å². The average Bonchev–Trinajstić information content (AvgIpc) is 2.72. The van der Waals surface area contributed by atoms with Crippen molar-refractivity contribution in [3.8, 4) is 5.75 Å². The van der Waals surface area contributed by atoms with E-state index in [9.17, 15) is 19.2 Å². The lowest BCUT2D eigenvalue weighted by Gasteiger charge is -2.08. The number of rotatable bonds is 8. The second kappa shape index (κ2) is 10.4. The molecule has 0 spiro atoms. The molecule has 0 aromatic heterocycles. The number of ketones is 1. The molecule has 0 radical (unpaired) electrons. The molecule has 2 rings (SSSR count). The van der Waals surface area contributed by atoms with E-state index in [1.165, 1.54) is 31.2 Å². The third-order valence-electron chi connectivity index (χ3n) is 3.42. The monoisotopic (exact) mass is 398 g/mol. The van der Waals surface area contributed by atoms with Gasteiger partial charge in [-0.05, 0) is 31.2 Å². The second-order valence-electron chi connectivity index (χ2n) is 5.71. The summed E-state index contributed by atoms with van der Waals surface area (Å²) in [6.07, 6.45) is -1.14. The van der Waals surface area contributed by atoms with E-state index >= 15 is 0 Å². The van der Waals surface area contributed by atoms with E-state index in [1.807, 2.05) is 6.07 Å². The first-order chi connectivity index (χ1) is 13.9. The average molecular weight is 398 g/mol. The highest BCUT2D eigenvalue weighted by Gasteiger charge is 2.13. The van der Waals surface area contributed by atoms with Gasteiger partial charge in [-0.1, -0.05) is 36.9 Å².